The number of hydrogen-bond acceptors (Lipinski definition) is 8. The normalized spacial score (nSPS) is 16.5. The van der Waals surface area contributed by atoms with Gasteiger partial charge >= 0.3 is 18.2 Å². The molecule has 0 saturated carbocycles. The number of anilines is 1. The second-order valence-corrected chi connectivity index (χ2v) is 9.49. The van der Waals surface area contributed by atoms with Crippen LogP contribution in [0.2, 0.25) is 0 Å². The van der Waals surface area contributed by atoms with Gasteiger partial charge in [-0.25, -0.2) is 9.59 Å². The molecule has 0 unspecified atom stereocenters. The summed E-state index contributed by atoms with van der Waals surface area (Å²) in [6, 6.07) is 15.2. The largest absolute Gasteiger partial charge is 0.465 e. The highest BCUT2D eigenvalue weighted by molar-refractivity contribution is 5.69. The van der Waals surface area contributed by atoms with E-state index in [0.717, 1.165) is 11.3 Å². The molecule has 1 atom stereocenters. The molecule has 0 bridgehead atoms. The van der Waals surface area contributed by atoms with Crippen LogP contribution in [0.15, 0.2) is 48.7 Å². The Morgan fingerprint density at radius 2 is 1.92 bits per heavy atom. The highest BCUT2D eigenvalue weighted by Gasteiger charge is 2.36. The molecule has 4 heterocycles. The van der Waals surface area contributed by atoms with Gasteiger partial charge in [0.15, 0.2) is 0 Å². The fourth-order valence-corrected chi connectivity index (χ4v) is 4.83. The number of fused-ring (bicyclic) bond motifs is 1. The second-order valence-electron chi connectivity index (χ2n) is 9.49. The average molecular weight is 532 g/mol. The maximum Gasteiger partial charge on any atom is 0.410 e. The molecule has 12 nitrogen and oxygen atoms in total. The summed E-state index contributed by atoms with van der Waals surface area (Å²) in [5.74, 6) is 0.561. The fraction of sp³-hybridized carbons (Fsp3) is 0.370. The minimum absolute atomic E-state index is 0.113. The number of carboxylic acid groups (broad SMARTS) is 1. The summed E-state index contributed by atoms with van der Waals surface area (Å²) >= 11 is 0. The van der Waals surface area contributed by atoms with Crippen LogP contribution in [0.4, 0.5) is 15.4 Å². The highest BCUT2D eigenvalue weighted by atomic mass is 16.6. The van der Waals surface area contributed by atoms with E-state index in [1.54, 1.807) is 4.90 Å². The van der Waals surface area contributed by atoms with Crippen LogP contribution in [0.25, 0.3) is 0 Å². The summed E-state index contributed by atoms with van der Waals surface area (Å²) < 4.78 is 13.4. The number of nitriles is 1. The Balaban J connectivity index is 1.35. The lowest BCUT2D eigenvalue weighted by Crippen LogP contribution is -2.55. The minimum atomic E-state index is -1.04. The van der Waals surface area contributed by atoms with Crippen molar-refractivity contribution in [2.45, 2.75) is 38.8 Å². The van der Waals surface area contributed by atoms with Crippen LogP contribution in [0, 0.1) is 11.3 Å². The molecule has 1 aromatic carbocycles. The molecule has 12 heteroatoms. The number of benzene rings is 1. The zero-order valence-electron chi connectivity index (χ0n) is 21.6. The molecule has 2 amide bonds. The molecule has 39 heavy (non-hydrogen) atoms. The van der Waals surface area contributed by atoms with Gasteiger partial charge in [0, 0.05) is 38.4 Å². The van der Waals surface area contributed by atoms with Crippen LogP contribution >= 0.6 is 0 Å². The summed E-state index contributed by atoms with van der Waals surface area (Å²) in [5, 5.41) is 19.1. The van der Waals surface area contributed by atoms with Crippen LogP contribution in [0.1, 0.15) is 28.9 Å². The van der Waals surface area contributed by atoms with E-state index in [4.69, 9.17) is 9.47 Å². The Kier molecular flexibility index (Phi) is 7.49. The smallest absolute Gasteiger partial charge is 0.410 e. The van der Waals surface area contributed by atoms with Gasteiger partial charge in [-0.1, -0.05) is 30.3 Å². The van der Waals surface area contributed by atoms with Gasteiger partial charge < -0.3 is 28.9 Å². The number of piperazine rings is 1. The Hall–Kier alpha value is -4.79. The lowest BCUT2D eigenvalue weighted by molar-refractivity contribution is 0.0767. The van der Waals surface area contributed by atoms with E-state index in [1.807, 2.05) is 65.2 Å². The molecule has 2 aliphatic heterocycles. The fourth-order valence-electron chi connectivity index (χ4n) is 4.83. The number of carbonyl (C=O) groups excluding carboxylic acids is 1. The Labute approximate surface area is 225 Å². The van der Waals surface area contributed by atoms with Crippen molar-refractivity contribution >= 4 is 18.0 Å². The Morgan fingerprint density at radius 3 is 2.64 bits per heavy atom. The van der Waals surface area contributed by atoms with E-state index >= 15 is 0 Å². The zero-order valence-corrected chi connectivity index (χ0v) is 21.6. The second kappa shape index (κ2) is 11.3. The van der Waals surface area contributed by atoms with Crippen LogP contribution in [0.3, 0.4) is 0 Å². The number of aromatic nitrogens is 3. The molecule has 2 aromatic heterocycles. The molecule has 1 fully saturated rings. The molecule has 202 valence electrons. The molecule has 1 N–H and O–H groups in total. The summed E-state index contributed by atoms with van der Waals surface area (Å²) in [7, 11) is 1.91. The number of carbonyl (C=O) groups is 2. The van der Waals surface area contributed by atoms with E-state index in [1.165, 1.54) is 4.90 Å². The number of hydrogen-bond donors (Lipinski definition) is 1. The summed E-state index contributed by atoms with van der Waals surface area (Å²) in [5.41, 5.74) is 3.11. The van der Waals surface area contributed by atoms with Crippen LogP contribution < -0.4 is 9.64 Å². The average Bonchev–Trinajstić information content (AvgIpc) is 3.57. The van der Waals surface area contributed by atoms with Gasteiger partial charge in [-0.05, 0) is 17.7 Å². The van der Waals surface area contributed by atoms with Crippen molar-refractivity contribution in [3.63, 3.8) is 0 Å². The van der Waals surface area contributed by atoms with E-state index in [-0.39, 0.29) is 38.7 Å². The Morgan fingerprint density at radius 1 is 1.10 bits per heavy atom. The number of ether oxygens (including phenoxy) is 2. The molecular formula is C27H29N7O5. The maximum atomic E-state index is 12.9. The predicted molar refractivity (Wildman–Crippen MR) is 139 cm³/mol. The monoisotopic (exact) mass is 531 g/mol. The first-order chi connectivity index (χ1) is 18.9. The van der Waals surface area contributed by atoms with E-state index in [9.17, 15) is 20.0 Å². The van der Waals surface area contributed by atoms with Gasteiger partial charge in [-0.3, -0.25) is 4.90 Å². The Bertz CT molecular complexity index is 1390. The summed E-state index contributed by atoms with van der Waals surface area (Å²) in [4.78, 5) is 38.7. The first-order valence-corrected chi connectivity index (χ1v) is 12.6. The molecule has 0 radical (unpaired) electrons. The van der Waals surface area contributed by atoms with Gasteiger partial charge in [0.05, 0.1) is 43.0 Å². The van der Waals surface area contributed by atoms with Crippen LogP contribution in [-0.4, -0.2) is 67.3 Å². The number of nitrogens with zero attached hydrogens (tertiary/aromatic N) is 7. The molecule has 0 spiro atoms. The van der Waals surface area contributed by atoms with Crippen molar-refractivity contribution in [3.05, 3.63) is 71.2 Å². The first kappa shape index (κ1) is 25.8. The molecule has 2 aliphatic rings. The molecule has 0 aliphatic carbocycles. The van der Waals surface area contributed by atoms with Crippen LogP contribution in [0.5, 0.6) is 6.01 Å². The van der Waals surface area contributed by atoms with E-state index in [0.29, 0.717) is 36.7 Å². The van der Waals surface area contributed by atoms with Gasteiger partial charge in [-0.15, -0.1) is 0 Å². The topological polar surface area (TPSA) is 137 Å². The van der Waals surface area contributed by atoms with Crippen molar-refractivity contribution < 1.29 is 24.2 Å². The van der Waals surface area contributed by atoms with Crippen LogP contribution in [-0.2, 0) is 38.1 Å². The SMILES string of the molecule is Cn1cccc1COc1nc2c(c(N3CCN(C(=O)OCc4ccccc4)[C@@H](CC#N)C3)n1)CN(C(=O)O)C2. The molecule has 3 aromatic rings. The number of rotatable bonds is 7. The lowest BCUT2D eigenvalue weighted by atomic mass is 10.1. The number of aryl methyl sites for hydroxylation is 1. The minimum Gasteiger partial charge on any atom is -0.465 e. The van der Waals surface area contributed by atoms with E-state index < -0.39 is 18.2 Å². The van der Waals surface area contributed by atoms with Crippen molar-refractivity contribution in [2.75, 3.05) is 24.5 Å². The molecule has 5 rings (SSSR count). The van der Waals surface area contributed by atoms with E-state index in [2.05, 4.69) is 16.0 Å². The third-order valence-corrected chi connectivity index (χ3v) is 6.96. The maximum absolute atomic E-state index is 12.9. The van der Waals surface area contributed by atoms with Crippen molar-refractivity contribution in [1.82, 2.24) is 24.3 Å². The molecular weight excluding hydrogens is 502 g/mol. The van der Waals surface area contributed by atoms with Crippen molar-refractivity contribution in [2.24, 2.45) is 7.05 Å². The quantitative estimate of drug-likeness (QED) is 0.487. The lowest BCUT2D eigenvalue weighted by Gasteiger charge is -2.40. The standard InChI is InChI=1S/C27H29N7O5/c1-31-11-5-8-21(31)18-38-25-29-23-16-33(26(35)36)15-22(23)24(30-25)32-12-13-34(20(14-32)9-10-28)27(37)39-17-19-6-3-2-4-7-19/h2-8,11,20H,9,12-18H2,1H3,(H,35,36)/t20-/m0/s1. The summed E-state index contributed by atoms with van der Waals surface area (Å²) in [6.07, 6.45) is 0.509. The summed E-state index contributed by atoms with van der Waals surface area (Å²) in [6.45, 7) is 1.77. The van der Waals surface area contributed by atoms with Crippen molar-refractivity contribution in [1.29, 1.82) is 5.26 Å². The first-order valence-electron chi connectivity index (χ1n) is 12.6. The van der Waals surface area contributed by atoms with Crippen molar-refractivity contribution in [3.8, 4) is 12.1 Å². The number of amides is 2. The molecule has 1 saturated heterocycles. The zero-order chi connectivity index (χ0) is 27.4. The predicted octanol–water partition coefficient (Wildman–Crippen LogP) is 3.13. The van der Waals surface area contributed by atoms with Gasteiger partial charge in [0.2, 0.25) is 0 Å². The van der Waals surface area contributed by atoms with Gasteiger partial charge in [0.25, 0.3) is 0 Å². The third-order valence-electron chi connectivity index (χ3n) is 6.96. The highest BCUT2D eigenvalue weighted by Crippen LogP contribution is 2.33. The third kappa shape index (κ3) is 5.72. The van der Waals surface area contributed by atoms with Gasteiger partial charge in [-0.2, -0.15) is 15.2 Å². The van der Waals surface area contributed by atoms with Gasteiger partial charge in [0.1, 0.15) is 19.0 Å².